The normalized spacial score (nSPS) is 34.5. The summed E-state index contributed by atoms with van der Waals surface area (Å²) in [5.74, 6) is -1.40. The first-order chi connectivity index (χ1) is 10.6. The van der Waals surface area contributed by atoms with Crippen LogP contribution in [0.15, 0.2) is 30.3 Å². The molecule has 2 aliphatic carbocycles. The Bertz CT molecular complexity index is 636. The first-order valence-electron chi connectivity index (χ1n) is 7.60. The van der Waals surface area contributed by atoms with E-state index in [4.69, 9.17) is 9.47 Å². The van der Waals surface area contributed by atoms with Crippen LogP contribution in [0.5, 0.6) is 0 Å². The Morgan fingerprint density at radius 1 is 1.18 bits per heavy atom. The molecule has 0 spiro atoms. The number of hydrogen-bond acceptors (Lipinski definition) is 5. The van der Waals surface area contributed by atoms with Gasteiger partial charge in [0.15, 0.2) is 12.4 Å². The summed E-state index contributed by atoms with van der Waals surface area (Å²) in [6.45, 7) is -0.276. The molecule has 1 heterocycles. The van der Waals surface area contributed by atoms with Crippen molar-refractivity contribution >= 4 is 17.7 Å². The van der Waals surface area contributed by atoms with E-state index in [1.165, 1.54) is 0 Å². The highest BCUT2D eigenvalue weighted by atomic mass is 16.6. The lowest BCUT2D eigenvalue weighted by molar-refractivity contribution is -0.154. The molecule has 0 radical (unpaired) electrons. The Balaban J connectivity index is 1.41. The zero-order valence-corrected chi connectivity index (χ0v) is 11.9. The Hall–Kier alpha value is -2.17. The minimum absolute atomic E-state index is 0.00231. The van der Waals surface area contributed by atoms with Gasteiger partial charge in [0, 0.05) is 11.5 Å². The molecule has 3 fully saturated rings. The fourth-order valence-electron chi connectivity index (χ4n) is 4.27. The van der Waals surface area contributed by atoms with Crippen molar-refractivity contribution in [3.8, 4) is 0 Å². The molecule has 1 aromatic rings. The summed E-state index contributed by atoms with van der Waals surface area (Å²) in [7, 11) is 0. The zero-order chi connectivity index (χ0) is 15.3. The number of Topliss-reactive ketones (excluding diaryl/α,β-unsaturated/α-hetero) is 1. The van der Waals surface area contributed by atoms with E-state index < -0.39 is 11.9 Å². The number of hydrogen-bond donors (Lipinski definition) is 0. The SMILES string of the molecule is O=C(COC(=O)[C@@H]1[C@@H]2C[C@@H]3[C@@H]1C(=O)O[C@H]3C2)c1ccccc1. The van der Waals surface area contributed by atoms with Gasteiger partial charge in [-0.05, 0) is 18.8 Å². The molecule has 114 valence electrons. The zero-order valence-electron chi connectivity index (χ0n) is 11.9. The number of carbonyl (C=O) groups excluding carboxylic acids is 3. The molecule has 1 saturated heterocycles. The molecule has 5 nitrogen and oxygen atoms in total. The van der Waals surface area contributed by atoms with E-state index in [9.17, 15) is 14.4 Å². The van der Waals surface area contributed by atoms with E-state index in [2.05, 4.69) is 0 Å². The lowest BCUT2D eigenvalue weighted by Gasteiger charge is -2.22. The highest BCUT2D eigenvalue weighted by Crippen LogP contribution is 2.57. The van der Waals surface area contributed by atoms with Crippen LogP contribution in [0.3, 0.4) is 0 Å². The monoisotopic (exact) mass is 300 g/mol. The van der Waals surface area contributed by atoms with Crippen molar-refractivity contribution in [3.63, 3.8) is 0 Å². The van der Waals surface area contributed by atoms with Crippen molar-refractivity contribution in [2.45, 2.75) is 18.9 Å². The third kappa shape index (κ3) is 1.95. The van der Waals surface area contributed by atoms with Crippen molar-refractivity contribution in [2.24, 2.45) is 23.7 Å². The number of fused-ring (bicyclic) bond motifs is 1. The third-order valence-electron chi connectivity index (χ3n) is 5.20. The fourth-order valence-corrected chi connectivity index (χ4v) is 4.27. The first kappa shape index (κ1) is 13.5. The molecule has 2 bridgehead atoms. The number of ether oxygens (including phenoxy) is 2. The van der Waals surface area contributed by atoms with Gasteiger partial charge in [0.05, 0.1) is 11.8 Å². The first-order valence-corrected chi connectivity index (χ1v) is 7.60. The number of benzene rings is 1. The highest BCUT2D eigenvalue weighted by molar-refractivity contribution is 5.98. The summed E-state index contributed by atoms with van der Waals surface area (Å²) >= 11 is 0. The second-order valence-corrected chi connectivity index (χ2v) is 6.32. The van der Waals surface area contributed by atoms with E-state index in [-0.39, 0.29) is 42.2 Å². The summed E-state index contributed by atoms with van der Waals surface area (Å²) in [5, 5.41) is 0. The van der Waals surface area contributed by atoms with Crippen LogP contribution in [0.2, 0.25) is 0 Å². The largest absolute Gasteiger partial charge is 0.462 e. The van der Waals surface area contributed by atoms with Gasteiger partial charge in [-0.2, -0.15) is 0 Å². The molecule has 0 N–H and O–H groups in total. The molecule has 0 aromatic heterocycles. The van der Waals surface area contributed by atoms with Gasteiger partial charge in [0.1, 0.15) is 6.10 Å². The predicted octanol–water partition coefficient (Wildman–Crippen LogP) is 1.61. The van der Waals surface area contributed by atoms with Gasteiger partial charge in [-0.3, -0.25) is 14.4 Å². The topological polar surface area (TPSA) is 69.7 Å². The smallest absolute Gasteiger partial charge is 0.310 e. The molecule has 4 rings (SSSR count). The van der Waals surface area contributed by atoms with Crippen molar-refractivity contribution in [2.75, 3.05) is 6.61 Å². The number of carbonyl (C=O) groups is 3. The Morgan fingerprint density at radius 2 is 1.95 bits per heavy atom. The minimum atomic E-state index is -0.431. The van der Waals surface area contributed by atoms with Crippen LogP contribution in [0.4, 0.5) is 0 Å². The van der Waals surface area contributed by atoms with E-state index >= 15 is 0 Å². The summed E-state index contributed by atoms with van der Waals surface area (Å²) in [6, 6.07) is 8.72. The van der Waals surface area contributed by atoms with Gasteiger partial charge >= 0.3 is 11.9 Å². The van der Waals surface area contributed by atoms with Crippen LogP contribution in [-0.2, 0) is 19.1 Å². The molecular weight excluding hydrogens is 284 g/mol. The van der Waals surface area contributed by atoms with Crippen LogP contribution < -0.4 is 0 Å². The van der Waals surface area contributed by atoms with Gasteiger partial charge in [-0.1, -0.05) is 30.3 Å². The fraction of sp³-hybridized carbons (Fsp3) is 0.471. The van der Waals surface area contributed by atoms with Crippen LogP contribution in [0.1, 0.15) is 23.2 Å². The van der Waals surface area contributed by atoms with Gasteiger partial charge < -0.3 is 9.47 Å². The Labute approximate surface area is 127 Å². The van der Waals surface area contributed by atoms with E-state index in [1.54, 1.807) is 24.3 Å². The Kier molecular flexibility index (Phi) is 3.03. The van der Waals surface area contributed by atoms with Crippen molar-refractivity contribution in [1.29, 1.82) is 0 Å². The van der Waals surface area contributed by atoms with E-state index in [1.807, 2.05) is 6.07 Å². The summed E-state index contributed by atoms with van der Waals surface area (Å²) in [5.41, 5.74) is 0.517. The van der Waals surface area contributed by atoms with Crippen LogP contribution in [0.25, 0.3) is 0 Å². The highest BCUT2D eigenvalue weighted by Gasteiger charge is 2.64. The van der Waals surface area contributed by atoms with Crippen LogP contribution >= 0.6 is 0 Å². The van der Waals surface area contributed by atoms with Gasteiger partial charge in [-0.15, -0.1) is 0 Å². The summed E-state index contributed by atoms with van der Waals surface area (Å²) < 4.78 is 10.5. The predicted molar refractivity (Wildman–Crippen MR) is 74.8 cm³/mol. The average Bonchev–Trinajstić information content (AvgIpc) is 3.15. The molecule has 5 atom stereocenters. The molecule has 22 heavy (non-hydrogen) atoms. The molecular formula is C17H16O5. The molecule has 5 heteroatoms. The quantitative estimate of drug-likeness (QED) is 0.624. The van der Waals surface area contributed by atoms with Crippen molar-refractivity contribution in [1.82, 2.24) is 0 Å². The van der Waals surface area contributed by atoms with Crippen molar-refractivity contribution < 1.29 is 23.9 Å². The van der Waals surface area contributed by atoms with Gasteiger partial charge in [0.2, 0.25) is 0 Å². The van der Waals surface area contributed by atoms with Gasteiger partial charge in [0.25, 0.3) is 0 Å². The average molecular weight is 300 g/mol. The molecule has 2 saturated carbocycles. The van der Waals surface area contributed by atoms with Crippen molar-refractivity contribution in [3.05, 3.63) is 35.9 Å². The second kappa shape index (κ2) is 4.93. The van der Waals surface area contributed by atoms with E-state index in [0.717, 1.165) is 12.8 Å². The molecule has 1 aromatic carbocycles. The van der Waals surface area contributed by atoms with Gasteiger partial charge in [-0.25, -0.2) is 0 Å². The maximum Gasteiger partial charge on any atom is 0.310 e. The molecule has 3 aliphatic rings. The number of ketones is 1. The molecule has 0 unspecified atom stereocenters. The minimum Gasteiger partial charge on any atom is -0.462 e. The third-order valence-corrected chi connectivity index (χ3v) is 5.20. The van der Waals surface area contributed by atoms with Crippen LogP contribution in [0, 0.1) is 23.7 Å². The molecule has 0 amide bonds. The lowest BCUT2D eigenvalue weighted by Crippen LogP contribution is -2.34. The number of rotatable bonds is 4. The van der Waals surface area contributed by atoms with E-state index in [0.29, 0.717) is 5.56 Å². The van der Waals surface area contributed by atoms with Crippen LogP contribution in [-0.4, -0.2) is 30.4 Å². The molecule has 1 aliphatic heterocycles. The summed E-state index contributed by atoms with van der Waals surface area (Å²) in [4.78, 5) is 36.2. The maximum absolute atomic E-state index is 12.3. The second-order valence-electron chi connectivity index (χ2n) is 6.32. The maximum atomic E-state index is 12.3. The summed E-state index contributed by atoms with van der Waals surface area (Å²) in [6.07, 6.45) is 1.60. The Morgan fingerprint density at radius 3 is 2.73 bits per heavy atom. The lowest BCUT2D eigenvalue weighted by atomic mass is 9.80. The standard InChI is InChI=1S/C17H16O5/c18-12(9-4-2-1-3-5-9)8-21-16(19)14-10-6-11-13(7-10)22-17(20)15(11)14/h1-5,10-11,13-15H,6-8H2/t10-,11+,13+,14-,15+/m1/s1. The number of esters is 2.